The van der Waals surface area contributed by atoms with Gasteiger partial charge < -0.3 is 5.11 Å². The van der Waals surface area contributed by atoms with Gasteiger partial charge in [0, 0.05) is 5.69 Å². The van der Waals surface area contributed by atoms with Crippen molar-refractivity contribution in [1.82, 2.24) is 0 Å². The molecule has 0 heterocycles. The summed E-state index contributed by atoms with van der Waals surface area (Å²) in [5, 5.41) is 9.27. The molecule has 5 nitrogen and oxygen atoms in total. The Labute approximate surface area is 123 Å². The lowest BCUT2D eigenvalue weighted by molar-refractivity contribution is 0.203. The highest BCUT2D eigenvalue weighted by atomic mass is 32.2. The quantitative estimate of drug-likeness (QED) is 0.942. The van der Waals surface area contributed by atoms with Gasteiger partial charge in [0.2, 0.25) is 0 Å². The molecule has 2 aromatic carbocycles. The van der Waals surface area contributed by atoms with Crippen LogP contribution in [0, 0.1) is 6.92 Å². The van der Waals surface area contributed by atoms with Gasteiger partial charge in [0.05, 0.1) is 4.90 Å². The van der Waals surface area contributed by atoms with E-state index in [4.69, 9.17) is 0 Å². The summed E-state index contributed by atoms with van der Waals surface area (Å²) in [5.41, 5.74) is 0.915. The average molecular weight is 305 g/mol. The van der Waals surface area contributed by atoms with Crippen LogP contribution in [-0.4, -0.2) is 25.5 Å². The molecular formula is C15H15NO4S. The van der Waals surface area contributed by atoms with Gasteiger partial charge in [-0.15, -0.1) is 0 Å². The van der Waals surface area contributed by atoms with Crippen molar-refractivity contribution in [2.75, 3.05) is 10.8 Å². The first kappa shape index (κ1) is 15.1. The van der Waals surface area contributed by atoms with Crippen LogP contribution in [0.1, 0.15) is 5.56 Å². The number of benzene rings is 2. The Hall–Kier alpha value is -2.34. The normalized spacial score (nSPS) is 11.1. The first-order valence-corrected chi connectivity index (χ1v) is 7.91. The molecule has 0 atom stereocenters. The summed E-state index contributed by atoms with van der Waals surface area (Å²) in [6.07, 6.45) is -1.31. The van der Waals surface area contributed by atoms with Crippen molar-refractivity contribution < 1.29 is 18.3 Å². The summed E-state index contributed by atoms with van der Waals surface area (Å²) in [6, 6.07) is 14.7. The van der Waals surface area contributed by atoms with Crippen molar-refractivity contribution in [3.05, 3.63) is 60.2 Å². The third-order valence-corrected chi connectivity index (χ3v) is 4.75. The van der Waals surface area contributed by atoms with Gasteiger partial charge in [-0.1, -0.05) is 36.4 Å². The number of hydrogen-bond acceptors (Lipinski definition) is 3. The van der Waals surface area contributed by atoms with Gasteiger partial charge in [-0.25, -0.2) is 13.2 Å². The SMILES string of the molecule is Cc1ccccc1S(=O)(=O)CN(C(=O)O)c1ccccc1. The van der Waals surface area contributed by atoms with Crippen molar-refractivity contribution in [1.29, 1.82) is 0 Å². The molecule has 0 aromatic heterocycles. The second-order valence-corrected chi connectivity index (χ2v) is 6.48. The van der Waals surface area contributed by atoms with Gasteiger partial charge in [0.25, 0.3) is 0 Å². The highest BCUT2D eigenvalue weighted by Gasteiger charge is 2.25. The molecule has 21 heavy (non-hydrogen) atoms. The molecule has 110 valence electrons. The summed E-state index contributed by atoms with van der Waals surface area (Å²) >= 11 is 0. The Balaban J connectivity index is 2.38. The molecule has 1 amide bonds. The second-order valence-electron chi connectivity index (χ2n) is 4.56. The third-order valence-electron chi connectivity index (χ3n) is 3.03. The van der Waals surface area contributed by atoms with E-state index in [-0.39, 0.29) is 4.90 Å². The molecule has 0 spiro atoms. The van der Waals surface area contributed by atoms with Crippen LogP contribution in [0.3, 0.4) is 0 Å². The third kappa shape index (κ3) is 3.41. The first-order valence-electron chi connectivity index (χ1n) is 6.26. The summed E-state index contributed by atoms with van der Waals surface area (Å²) < 4.78 is 24.9. The number of carbonyl (C=O) groups is 1. The van der Waals surface area contributed by atoms with Crippen LogP contribution < -0.4 is 4.90 Å². The minimum atomic E-state index is -3.74. The Bertz CT molecular complexity index is 741. The summed E-state index contributed by atoms with van der Waals surface area (Å²) in [4.78, 5) is 12.3. The standard InChI is InChI=1S/C15H15NO4S/c1-12-7-5-6-10-14(12)21(19,20)11-16(15(17)18)13-8-3-2-4-9-13/h2-10H,11H2,1H3,(H,17,18). The molecule has 0 fully saturated rings. The summed E-state index contributed by atoms with van der Waals surface area (Å²) in [7, 11) is -3.74. The van der Waals surface area contributed by atoms with E-state index in [1.54, 1.807) is 55.5 Å². The van der Waals surface area contributed by atoms with Crippen molar-refractivity contribution >= 4 is 21.6 Å². The molecule has 0 aliphatic heterocycles. The molecule has 2 aromatic rings. The molecular weight excluding hydrogens is 290 g/mol. The van der Waals surface area contributed by atoms with Crippen LogP contribution in [0.15, 0.2) is 59.5 Å². The van der Waals surface area contributed by atoms with Crippen LogP contribution in [0.4, 0.5) is 10.5 Å². The largest absolute Gasteiger partial charge is 0.465 e. The fraction of sp³-hybridized carbons (Fsp3) is 0.133. The first-order chi connectivity index (χ1) is 9.92. The molecule has 2 rings (SSSR count). The van der Waals surface area contributed by atoms with Gasteiger partial charge in [-0.2, -0.15) is 0 Å². The van der Waals surface area contributed by atoms with Crippen LogP contribution in [0.2, 0.25) is 0 Å². The van der Waals surface area contributed by atoms with Crippen LogP contribution >= 0.6 is 0 Å². The fourth-order valence-corrected chi connectivity index (χ4v) is 3.58. The van der Waals surface area contributed by atoms with E-state index in [2.05, 4.69) is 0 Å². The highest BCUT2D eigenvalue weighted by molar-refractivity contribution is 7.91. The minimum absolute atomic E-state index is 0.146. The lowest BCUT2D eigenvalue weighted by atomic mass is 10.2. The zero-order valence-corrected chi connectivity index (χ0v) is 12.2. The molecule has 0 radical (unpaired) electrons. The number of hydrogen-bond donors (Lipinski definition) is 1. The molecule has 0 aliphatic rings. The number of aryl methyl sites for hydroxylation is 1. The number of sulfone groups is 1. The Morgan fingerprint density at radius 3 is 2.19 bits per heavy atom. The zero-order valence-electron chi connectivity index (χ0n) is 11.4. The maximum atomic E-state index is 12.4. The van der Waals surface area contributed by atoms with Gasteiger partial charge >= 0.3 is 6.09 Å². The Morgan fingerprint density at radius 1 is 1.05 bits per heavy atom. The minimum Gasteiger partial charge on any atom is -0.465 e. The molecule has 0 bridgehead atoms. The highest BCUT2D eigenvalue weighted by Crippen LogP contribution is 2.20. The Kier molecular flexibility index (Phi) is 4.28. The molecule has 0 aliphatic carbocycles. The van der Waals surface area contributed by atoms with Gasteiger partial charge in [0.15, 0.2) is 9.84 Å². The number of rotatable bonds is 4. The molecule has 0 saturated heterocycles. The van der Waals surface area contributed by atoms with Crippen molar-refractivity contribution in [3.63, 3.8) is 0 Å². The fourth-order valence-electron chi connectivity index (χ4n) is 1.99. The maximum absolute atomic E-state index is 12.4. The smallest absolute Gasteiger partial charge is 0.412 e. The average Bonchev–Trinajstić information content (AvgIpc) is 2.46. The maximum Gasteiger partial charge on any atom is 0.412 e. The molecule has 0 unspecified atom stereocenters. The van der Waals surface area contributed by atoms with E-state index in [1.807, 2.05) is 0 Å². The van der Waals surface area contributed by atoms with Crippen molar-refractivity contribution in [2.24, 2.45) is 0 Å². The second kappa shape index (κ2) is 5.97. The van der Waals surface area contributed by atoms with Crippen LogP contribution in [0.5, 0.6) is 0 Å². The summed E-state index contributed by atoms with van der Waals surface area (Å²) in [5.74, 6) is -0.614. The predicted octanol–water partition coefficient (Wildman–Crippen LogP) is 2.91. The van der Waals surface area contributed by atoms with E-state index < -0.39 is 21.8 Å². The molecule has 1 N–H and O–H groups in total. The van der Waals surface area contributed by atoms with E-state index in [1.165, 1.54) is 6.07 Å². The van der Waals surface area contributed by atoms with Gasteiger partial charge in [-0.3, -0.25) is 4.90 Å². The van der Waals surface area contributed by atoms with E-state index in [0.29, 0.717) is 11.3 Å². The van der Waals surface area contributed by atoms with E-state index in [9.17, 15) is 18.3 Å². The van der Waals surface area contributed by atoms with Crippen LogP contribution in [0.25, 0.3) is 0 Å². The van der Waals surface area contributed by atoms with Crippen LogP contribution in [-0.2, 0) is 9.84 Å². The van der Waals surface area contributed by atoms with Gasteiger partial charge in [0.1, 0.15) is 5.88 Å². The molecule has 0 saturated carbocycles. The summed E-state index contributed by atoms with van der Waals surface area (Å²) in [6.45, 7) is 1.68. The lowest BCUT2D eigenvalue weighted by Crippen LogP contribution is -2.34. The number of amides is 1. The Morgan fingerprint density at radius 2 is 1.62 bits per heavy atom. The lowest BCUT2D eigenvalue weighted by Gasteiger charge is -2.19. The monoisotopic (exact) mass is 305 g/mol. The number of para-hydroxylation sites is 1. The number of anilines is 1. The van der Waals surface area contributed by atoms with Gasteiger partial charge in [-0.05, 0) is 30.7 Å². The van der Waals surface area contributed by atoms with E-state index >= 15 is 0 Å². The predicted molar refractivity (Wildman–Crippen MR) is 80.2 cm³/mol. The topological polar surface area (TPSA) is 74.7 Å². The van der Waals surface area contributed by atoms with E-state index in [0.717, 1.165) is 4.90 Å². The number of nitrogens with zero attached hydrogens (tertiary/aromatic N) is 1. The number of carboxylic acid groups (broad SMARTS) is 1. The van der Waals surface area contributed by atoms with Crippen molar-refractivity contribution in [2.45, 2.75) is 11.8 Å². The van der Waals surface area contributed by atoms with Crippen molar-refractivity contribution in [3.8, 4) is 0 Å². The molecule has 6 heteroatoms. The zero-order chi connectivity index (χ0) is 15.5.